The fourth-order valence-corrected chi connectivity index (χ4v) is 2.14. The predicted molar refractivity (Wildman–Crippen MR) is 68.6 cm³/mol. The van der Waals surface area contributed by atoms with Crippen LogP contribution in [-0.2, 0) is 14.3 Å². The van der Waals surface area contributed by atoms with Gasteiger partial charge in [-0.2, -0.15) is 0 Å². The predicted octanol–water partition coefficient (Wildman–Crippen LogP) is 0.994. The van der Waals surface area contributed by atoms with Crippen LogP contribution >= 0.6 is 0 Å². The maximum Gasteiger partial charge on any atom is 0.313 e. The van der Waals surface area contributed by atoms with E-state index in [4.69, 9.17) is 9.47 Å². The van der Waals surface area contributed by atoms with Gasteiger partial charge in [0.25, 0.3) is 5.91 Å². The molecule has 0 aromatic heterocycles. The summed E-state index contributed by atoms with van der Waals surface area (Å²) in [6, 6.07) is 8.69. The molecule has 1 aromatic rings. The van der Waals surface area contributed by atoms with E-state index in [0.29, 0.717) is 18.6 Å². The maximum absolute atomic E-state index is 12.1. The highest BCUT2D eigenvalue weighted by molar-refractivity contribution is 5.94. The van der Waals surface area contributed by atoms with Gasteiger partial charge in [0.15, 0.2) is 0 Å². The van der Waals surface area contributed by atoms with E-state index in [9.17, 15) is 9.59 Å². The molecule has 0 spiro atoms. The molecule has 1 aromatic carbocycles. The van der Waals surface area contributed by atoms with Crippen LogP contribution in [0, 0.1) is 5.92 Å². The number of esters is 1. The third-order valence-electron chi connectivity index (χ3n) is 3.21. The highest BCUT2D eigenvalue weighted by atomic mass is 16.5. The summed E-state index contributed by atoms with van der Waals surface area (Å²) in [5, 5.41) is 2.88. The summed E-state index contributed by atoms with van der Waals surface area (Å²) >= 11 is 0. The Kier molecular flexibility index (Phi) is 4.52. The quantitative estimate of drug-likeness (QED) is 0.826. The van der Waals surface area contributed by atoms with Crippen LogP contribution in [0.5, 0.6) is 0 Å². The van der Waals surface area contributed by atoms with Crippen LogP contribution in [0.2, 0.25) is 0 Å². The number of nitrogens with one attached hydrogen (secondary N) is 1. The van der Waals surface area contributed by atoms with Crippen LogP contribution in [-0.4, -0.2) is 38.2 Å². The third-order valence-corrected chi connectivity index (χ3v) is 3.21. The van der Waals surface area contributed by atoms with Gasteiger partial charge in [-0.1, -0.05) is 18.2 Å². The lowest BCUT2D eigenvalue weighted by molar-refractivity contribution is -0.151. The van der Waals surface area contributed by atoms with Crippen molar-refractivity contribution in [3.05, 3.63) is 35.9 Å². The Balaban J connectivity index is 2.03. The number of amides is 1. The summed E-state index contributed by atoms with van der Waals surface area (Å²) in [4.78, 5) is 23.7. The van der Waals surface area contributed by atoms with Crippen molar-refractivity contribution in [1.82, 2.24) is 5.32 Å². The van der Waals surface area contributed by atoms with Crippen LogP contribution in [0.15, 0.2) is 30.3 Å². The van der Waals surface area contributed by atoms with Gasteiger partial charge in [0.2, 0.25) is 0 Å². The first-order valence-electron chi connectivity index (χ1n) is 6.24. The summed E-state index contributed by atoms with van der Waals surface area (Å²) in [6.45, 7) is 0.819. The molecule has 1 heterocycles. The van der Waals surface area contributed by atoms with Gasteiger partial charge in [0.05, 0.1) is 13.7 Å². The van der Waals surface area contributed by atoms with Gasteiger partial charge in [-0.3, -0.25) is 9.59 Å². The molecule has 0 bridgehead atoms. The maximum atomic E-state index is 12.1. The first-order chi connectivity index (χ1) is 9.22. The molecule has 1 saturated heterocycles. The van der Waals surface area contributed by atoms with Crippen molar-refractivity contribution < 1.29 is 19.1 Å². The molecule has 0 aliphatic carbocycles. The zero-order valence-electron chi connectivity index (χ0n) is 10.8. The minimum Gasteiger partial charge on any atom is -0.469 e. The second-order valence-electron chi connectivity index (χ2n) is 4.44. The smallest absolute Gasteiger partial charge is 0.313 e. The summed E-state index contributed by atoms with van der Waals surface area (Å²) in [7, 11) is 1.34. The molecule has 2 rings (SSSR count). The topological polar surface area (TPSA) is 64.6 Å². The lowest BCUT2D eigenvalue weighted by Gasteiger charge is -2.30. The van der Waals surface area contributed by atoms with E-state index in [0.717, 1.165) is 0 Å². The Bertz CT molecular complexity index is 446. The van der Waals surface area contributed by atoms with Crippen molar-refractivity contribution in [3.8, 4) is 0 Å². The molecule has 2 atom stereocenters. The van der Waals surface area contributed by atoms with E-state index in [1.165, 1.54) is 7.11 Å². The van der Waals surface area contributed by atoms with Gasteiger partial charge in [-0.25, -0.2) is 0 Å². The minimum absolute atomic E-state index is 0.179. The fourth-order valence-electron chi connectivity index (χ4n) is 2.14. The Morgan fingerprint density at radius 3 is 2.74 bits per heavy atom. The molecule has 1 fully saturated rings. The van der Waals surface area contributed by atoms with Crippen LogP contribution in [0.1, 0.15) is 16.8 Å². The summed E-state index contributed by atoms with van der Waals surface area (Å²) in [6.07, 6.45) is 0.609. The van der Waals surface area contributed by atoms with E-state index in [1.807, 2.05) is 6.07 Å². The van der Waals surface area contributed by atoms with Crippen molar-refractivity contribution in [2.45, 2.75) is 12.5 Å². The van der Waals surface area contributed by atoms with Crippen molar-refractivity contribution >= 4 is 11.9 Å². The first kappa shape index (κ1) is 13.5. The normalized spacial score (nSPS) is 22.6. The average molecular weight is 263 g/mol. The Hall–Kier alpha value is -1.88. The van der Waals surface area contributed by atoms with Gasteiger partial charge in [0, 0.05) is 18.2 Å². The van der Waals surface area contributed by atoms with Crippen LogP contribution in [0.4, 0.5) is 0 Å². The zero-order chi connectivity index (χ0) is 13.7. The highest BCUT2D eigenvalue weighted by Crippen LogP contribution is 2.17. The number of hydrogen-bond donors (Lipinski definition) is 1. The molecule has 19 heavy (non-hydrogen) atoms. The van der Waals surface area contributed by atoms with E-state index in [1.54, 1.807) is 24.3 Å². The number of ether oxygens (including phenoxy) is 2. The lowest BCUT2D eigenvalue weighted by atomic mass is 9.95. The number of rotatable bonds is 3. The Morgan fingerprint density at radius 1 is 1.32 bits per heavy atom. The van der Waals surface area contributed by atoms with Crippen LogP contribution < -0.4 is 5.32 Å². The first-order valence-corrected chi connectivity index (χ1v) is 6.24. The molecular formula is C14H17NO4. The number of hydrogen-bond acceptors (Lipinski definition) is 4. The van der Waals surface area contributed by atoms with Gasteiger partial charge in [-0.05, 0) is 18.6 Å². The molecule has 1 aliphatic rings. The Labute approximate surface area is 111 Å². The second-order valence-corrected chi connectivity index (χ2v) is 4.44. The minimum atomic E-state index is -0.439. The molecule has 1 amide bonds. The van der Waals surface area contributed by atoms with Crippen molar-refractivity contribution in [2.75, 3.05) is 20.3 Å². The summed E-state index contributed by atoms with van der Waals surface area (Å²) in [5.41, 5.74) is 0.581. The van der Waals surface area contributed by atoms with Crippen molar-refractivity contribution in [2.24, 2.45) is 5.92 Å². The largest absolute Gasteiger partial charge is 0.469 e. The number of carbonyl (C=O) groups excluding carboxylic acids is 2. The van der Waals surface area contributed by atoms with Crippen LogP contribution in [0.25, 0.3) is 0 Å². The standard InChI is InChI=1S/C14H17NO4/c1-18-14(17)11-9-19-8-7-12(11)15-13(16)10-5-3-2-4-6-10/h2-6,11-12H,7-9H2,1H3,(H,15,16). The number of methoxy groups -OCH3 is 1. The van der Waals surface area contributed by atoms with E-state index < -0.39 is 5.92 Å². The fraction of sp³-hybridized carbons (Fsp3) is 0.429. The van der Waals surface area contributed by atoms with Crippen molar-refractivity contribution in [3.63, 3.8) is 0 Å². The SMILES string of the molecule is COC(=O)C1COCCC1NC(=O)c1ccccc1. The van der Waals surface area contributed by atoms with Crippen molar-refractivity contribution in [1.29, 1.82) is 0 Å². The molecule has 5 heteroatoms. The molecule has 2 unspecified atom stereocenters. The summed E-state index contributed by atoms with van der Waals surface area (Å²) < 4.78 is 10.0. The van der Waals surface area contributed by atoms with Gasteiger partial charge in [0.1, 0.15) is 5.92 Å². The molecular weight excluding hydrogens is 246 g/mol. The third kappa shape index (κ3) is 3.32. The molecule has 1 N–H and O–H groups in total. The van der Waals surface area contributed by atoms with E-state index >= 15 is 0 Å². The van der Waals surface area contributed by atoms with Gasteiger partial charge < -0.3 is 14.8 Å². The number of benzene rings is 1. The van der Waals surface area contributed by atoms with Gasteiger partial charge >= 0.3 is 5.97 Å². The lowest BCUT2D eigenvalue weighted by Crippen LogP contribution is -2.48. The molecule has 0 saturated carbocycles. The molecule has 0 radical (unpaired) electrons. The Morgan fingerprint density at radius 2 is 2.05 bits per heavy atom. The number of carbonyl (C=O) groups is 2. The van der Waals surface area contributed by atoms with Gasteiger partial charge in [-0.15, -0.1) is 0 Å². The van der Waals surface area contributed by atoms with E-state index in [2.05, 4.69) is 5.32 Å². The van der Waals surface area contributed by atoms with Crippen LogP contribution in [0.3, 0.4) is 0 Å². The van der Waals surface area contributed by atoms with E-state index in [-0.39, 0.29) is 24.5 Å². The average Bonchev–Trinajstić information content (AvgIpc) is 2.48. The molecule has 5 nitrogen and oxygen atoms in total. The zero-order valence-corrected chi connectivity index (χ0v) is 10.8. The monoisotopic (exact) mass is 263 g/mol. The summed E-state index contributed by atoms with van der Waals surface area (Å²) in [5.74, 6) is -0.967. The second kappa shape index (κ2) is 6.33. The molecule has 1 aliphatic heterocycles. The highest BCUT2D eigenvalue weighted by Gasteiger charge is 2.33. The molecule has 102 valence electrons.